The van der Waals surface area contributed by atoms with Gasteiger partial charge >= 0.3 is 0 Å². The summed E-state index contributed by atoms with van der Waals surface area (Å²) in [5.74, 6) is 1.12. The van der Waals surface area contributed by atoms with E-state index in [2.05, 4.69) is 15.1 Å². The molecule has 0 N–H and O–H groups in total. The Morgan fingerprint density at radius 2 is 2.36 bits per heavy atom. The van der Waals surface area contributed by atoms with Crippen molar-refractivity contribution in [1.82, 2.24) is 15.1 Å². The van der Waals surface area contributed by atoms with E-state index in [4.69, 9.17) is 16.1 Å². The van der Waals surface area contributed by atoms with E-state index in [0.717, 1.165) is 11.3 Å². The van der Waals surface area contributed by atoms with Crippen LogP contribution in [0.15, 0.2) is 22.9 Å². The lowest BCUT2D eigenvalue weighted by Crippen LogP contribution is -1.89. The SMILES string of the molecule is Cc1cccnc1-c1noc(CCl)n1. The Kier molecular flexibility index (Phi) is 2.45. The van der Waals surface area contributed by atoms with Gasteiger partial charge in [0.2, 0.25) is 11.7 Å². The van der Waals surface area contributed by atoms with E-state index in [-0.39, 0.29) is 5.88 Å². The maximum Gasteiger partial charge on any atom is 0.241 e. The van der Waals surface area contributed by atoms with Crippen molar-refractivity contribution in [3.05, 3.63) is 29.8 Å². The second-order valence-corrected chi connectivity index (χ2v) is 3.08. The van der Waals surface area contributed by atoms with E-state index in [1.54, 1.807) is 6.20 Å². The minimum Gasteiger partial charge on any atom is -0.338 e. The van der Waals surface area contributed by atoms with Gasteiger partial charge in [-0.2, -0.15) is 4.98 Å². The Bertz CT molecular complexity index is 441. The fourth-order valence-electron chi connectivity index (χ4n) is 1.13. The highest BCUT2D eigenvalue weighted by molar-refractivity contribution is 6.16. The molecule has 0 saturated heterocycles. The third-order valence-corrected chi connectivity index (χ3v) is 2.03. The number of aromatic nitrogens is 3. The number of pyridine rings is 1. The molecule has 5 heteroatoms. The average molecular weight is 210 g/mol. The highest BCUT2D eigenvalue weighted by Crippen LogP contribution is 2.17. The first-order valence-corrected chi connectivity index (χ1v) is 4.65. The van der Waals surface area contributed by atoms with E-state index >= 15 is 0 Å². The van der Waals surface area contributed by atoms with Gasteiger partial charge in [0.25, 0.3) is 0 Å². The van der Waals surface area contributed by atoms with Gasteiger partial charge in [-0.25, -0.2) is 0 Å². The van der Waals surface area contributed by atoms with Crippen LogP contribution in [0.3, 0.4) is 0 Å². The standard InChI is InChI=1S/C9H8ClN3O/c1-6-3-2-4-11-8(6)9-12-7(5-10)14-13-9/h2-4H,5H2,1H3. The normalized spacial score (nSPS) is 10.4. The number of rotatable bonds is 2. The molecule has 0 radical (unpaired) electrons. The van der Waals surface area contributed by atoms with Gasteiger partial charge in [-0.1, -0.05) is 11.2 Å². The summed E-state index contributed by atoms with van der Waals surface area (Å²) >= 11 is 5.55. The summed E-state index contributed by atoms with van der Waals surface area (Å²) in [7, 11) is 0. The maximum absolute atomic E-state index is 5.55. The lowest BCUT2D eigenvalue weighted by atomic mass is 10.2. The van der Waals surface area contributed by atoms with Crippen LogP contribution in [0, 0.1) is 6.92 Å². The highest BCUT2D eigenvalue weighted by atomic mass is 35.5. The minimum atomic E-state index is 0.221. The molecule has 0 atom stereocenters. The van der Waals surface area contributed by atoms with Crippen LogP contribution in [0.2, 0.25) is 0 Å². The van der Waals surface area contributed by atoms with Crippen molar-refractivity contribution in [1.29, 1.82) is 0 Å². The summed E-state index contributed by atoms with van der Waals surface area (Å²) in [6.07, 6.45) is 1.69. The van der Waals surface area contributed by atoms with Crippen LogP contribution >= 0.6 is 11.6 Å². The molecular formula is C9H8ClN3O. The maximum atomic E-state index is 5.55. The third kappa shape index (κ3) is 1.61. The Morgan fingerprint density at radius 3 is 3.00 bits per heavy atom. The lowest BCUT2D eigenvalue weighted by molar-refractivity contribution is 0.391. The Morgan fingerprint density at radius 1 is 1.50 bits per heavy atom. The quantitative estimate of drug-likeness (QED) is 0.712. The second kappa shape index (κ2) is 3.75. The summed E-state index contributed by atoms with van der Waals surface area (Å²) < 4.78 is 4.89. The van der Waals surface area contributed by atoms with Gasteiger partial charge in [0.1, 0.15) is 11.6 Å². The number of hydrogen-bond acceptors (Lipinski definition) is 4. The summed E-state index contributed by atoms with van der Waals surface area (Å²) in [4.78, 5) is 8.26. The molecule has 0 amide bonds. The number of halogens is 1. The van der Waals surface area contributed by atoms with Gasteiger partial charge in [0.15, 0.2) is 0 Å². The molecule has 0 unspecified atom stereocenters. The molecule has 2 aromatic heterocycles. The molecule has 2 aromatic rings. The first-order chi connectivity index (χ1) is 6.81. The van der Waals surface area contributed by atoms with Crippen molar-refractivity contribution in [2.75, 3.05) is 0 Å². The molecule has 0 fully saturated rings. The van der Waals surface area contributed by atoms with Gasteiger partial charge < -0.3 is 4.52 Å². The molecule has 2 heterocycles. The molecule has 4 nitrogen and oxygen atoms in total. The van der Waals surface area contributed by atoms with Crippen LogP contribution in [-0.4, -0.2) is 15.1 Å². The van der Waals surface area contributed by atoms with Crippen LogP contribution < -0.4 is 0 Å². The zero-order chi connectivity index (χ0) is 9.97. The van der Waals surface area contributed by atoms with E-state index in [9.17, 15) is 0 Å². The molecule has 0 spiro atoms. The predicted octanol–water partition coefficient (Wildman–Crippen LogP) is 2.18. The van der Waals surface area contributed by atoms with E-state index < -0.39 is 0 Å². The average Bonchev–Trinajstić information content (AvgIpc) is 2.67. The number of nitrogens with zero attached hydrogens (tertiary/aromatic N) is 3. The zero-order valence-corrected chi connectivity index (χ0v) is 8.32. The molecule has 72 valence electrons. The van der Waals surface area contributed by atoms with Crippen LogP contribution in [0.1, 0.15) is 11.5 Å². The molecule has 0 bridgehead atoms. The smallest absolute Gasteiger partial charge is 0.241 e. The highest BCUT2D eigenvalue weighted by Gasteiger charge is 2.10. The Labute approximate surface area is 85.9 Å². The van der Waals surface area contributed by atoms with Crippen molar-refractivity contribution >= 4 is 11.6 Å². The van der Waals surface area contributed by atoms with Gasteiger partial charge in [-0.05, 0) is 18.6 Å². The molecule has 2 rings (SSSR count). The van der Waals surface area contributed by atoms with Gasteiger partial charge in [0.05, 0.1) is 0 Å². The van der Waals surface area contributed by atoms with Crippen LogP contribution in [-0.2, 0) is 5.88 Å². The van der Waals surface area contributed by atoms with Crippen molar-refractivity contribution in [2.24, 2.45) is 0 Å². The number of alkyl halides is 1. The second-order valence-electron chi connectivity index (χ2n) is 2.81. The largest absolute Gasteiger partial charge is 0.338 e. The first-order valence-electron chi connectivity index (χ1n) is 4.12. The summed E-state index contributed by atoms with van der Waals surface area (Å²) in [5, 5.41) is 3.79. The van der Waals surface area contributed by atoms with E-state index in [0.29, 0.717) is 11.7 Å². The molecule has 14 heavy (non-hydrogen) atoms. The third-order valence-electron chi connectivity index (χ3n) is 1.80. The Balaban J connectivity index is 2.44. The molecule has 0 saturated carbocycles. The molecule has 0 aliphatic carbocycles. The lowest BCUT2D eigenvalue weighted by Gasteiger charge is -1.96. The minimum absolute atomic E-state index is 0.221. The van der Waals surface area contributed by atoms with E-state index in [1.165, 1.54) is 0 Å². The van der Waals surface area contributed by atoms with E-state index in [1.807, 2.05) is 19.1 Å². The topological polar surface area (TPSA) is 51.8 Å². The summed E-state index contributed by atoms with van der Waals surface area (Å²) in [6.45, 7) is 1.94. The summed E-state index contributed by atoms with van der Waals surface area (Å²) in [6, 6.07) is 3.81. The monoisotopic (exact) mass is 209 g/mol. The summed E-state index contributed by atoms with van der Waals surface area (Å²) in [5.41, 5.74) is 1.74. The number of hydrogen-bond donors (Lipinski definition) is 0. The van der Waals surface area contributed by atoms with Crippen LogP contribution in [0.4, 0.5) is 0 Å². The van der Waals surface area contributed by atoms with Crippen molar-refractivity contribution in [3.8, 4) is 11.5 Å². The van der Waals surface area contributed by atoms with Gasteiger partial charge in [-0.3, -0.25) is 4.98 Å². The van der Waals surface area contributed by atoms with Gasteiger partial charge in [0, 0.05) is 6.20 Å². The molecule has 0 aromatic carbocycles. The molecule has 0 aliphatic rings. The van der Waals surface area contributed by atoms with Gasteiger partial charge in [-0.15, -0.1) is 11.6 Å². The zero-order valence-electron chi connectivity index (χ0n) is 7.57. The molecule has 0 aliphatic heterocycles. The van der Waals surface area contributed by atoms with Crippen LogP contribution in [0.5, 0.6) is 0 Å². The van der Waals surface area contributed by atoms with Crippen molar-refractivity contribution in [3.63, 3.8) is 0 Å². The first kappa shape index (κ1) is 9.15. The van der Waals surface area contributed by atoms with Crippen molar-refractivity contribution < 1.29 is 4.52 Å². The number of aryl methyl sites for hydroxylation is 1. The fourth-order valence-corrected chi connectivity index (χ4v) is 1.23. The fraction of sp³-hybridized carbons (Fsp3) is 0.222. The molecular weight excluding hydrogens is 202 g/mol. The predicted molar refractivity (Wildman–Crippen MR) is 51.8 cm³/mol. The van der Waals surface area contributed by atoms with Crippen molar-refractivity contribution in [2.45, 2.75) is 12.8 Å². The Hall–Kier alpha value is -1.42. The van der Waals surface area contributed by atoms with Crippen LogP contribution in [0.25, 0.3) is 11.5 Å².